The summed E-state index contributed by atoms with van der Waals surface area (Å²) >= 11 is 6.22. The van der Waals surface area contributed by atoms with Crippen molar-refractivity contribution in [2.24, 2.45) is 5.73 Å². The van der Waals surface area contributed by atoms with E-state index in [9.17, 15) is 0 Å². The van der Waals surface area contributed by atoms with Gasteiger partial charge in [0.15, 0.2) is 0 Å². The Morgan fingerprint density at radius 3 is 2.92 bits per heavy atom. The predicted octanol–water partition coefficient (Wildman–Crippen LogP) is 1.94. The first-order valence-electron chi connectivity index (χ1n) is 3.19. The summed E-state index contributed by atoms with van der Waals surface area (Å²) in [7, 11) is 0. The maximum Gasteiger partial charge on any atom is 0.114 e. The molecule has 0 unspecified atom stereocenters. The molecule has 1 aromatic heterocycles. The highest BCUT2D eigenvalue weighted by molar-refractivity contribution is 7.80. The molecule has 2 N–H and O–H groups in total. The SMILES string of the molecule is N#C/C(=C\c1cccs1)C(N)=S. The molecule has 1 heterocycles. The Hall–Kier alpha value is -1.18. The molecular weight excluding hydrogens is 188 g/mol. The van der Waals surface area contributed by atoms with Gasteiger partial charge in [-0.25, -0.2) is 0 Å². The molecule has 0 saturated heterocycles. The molecule has 0 bridgehead atoms. The smallest absolute Gasteiger partial charge is 0.114 e. The number of rotatable bonds is 2. The van der Waals surface area contributed by atoms with Crippen LogP contribution in [0.1, 0.15) is 4.88 Å². The number of thiophene rings is 1. The van der Waals surface area contributed by atoms with E-state index in [0.29, 0.717) is 5.57 Å². The van der Waals surface area contributed by atoms with E-state index in [4.69, 9.17) is 11.0 Å². The zero-order valence-corrected chi connectivity index (χ0v) is 7.78. The van der Waals surface area contributed by atoms with E-state index in [1.807, 2.05) is 23.6 Å². The molecule has 0 spiro atoms. The Labute approximate surface area is 79.9 Å². The van der Waals surface area contributed by atoms with Gasteiger partial charge in [0, 0.05) is 4.88 Å². The third-order valence-corrected chi connectivity index (χ3v) is 2.25. The molecule has 1 aromatic rings. The number of nitrogens with zero attached hydrogens (tertiary/aromatic N) is 1. The van der Waals surface area contributed by atoms with Crippen LogP contribution in [0.4, 0.5) is 0 Å². The van der Waals surface area contributed by atoms with Gasteiger partial charge in [0.05, 0.1) is 5.57 Å². The summed E-state index contributed by atoms with van der Waals surface area (Å²) in [6, 6.07) is 5.75. The highest BCUT2D eigenvalue weighted by atomic mass is 32.1. The Morgan fingerprint density at radius 1 is 1.75 bits per heavy atom. The topological polar surface area (TPSA) is 49.8 Å². The maximum absolute atomic E-state index is 8.61. The molecule has 0 aliphatic heterocycles. The zero-order valence-electron chi connectivity index (χ0n) is 6.15. The van der Waals surface area contributed by atoms with Gasteiger partial charge in [-0.15, -0.1) is 11.3 Å². The zero-order chi connectivity index (χ0) is 8.97. The minimum absolute atomic E-state index is 0.144. The van der Waals surface area contributed by atoms with Crippen molar-refractivity contribution in [3.8, 4) is 6.07 Å². The fourth-order valence-corrected chi connectivity index (χ4v) is 1.44. The average molecular weight is 194 g/mol. The summed E-state index contributed by atoms with van der Waals surface area (Å²) in [5.41, 5.74) is 5.66. The van der Waals surface area contributed by atoms with Crippen LogP contribution < -0.4 is 5.73 Å². The molecule has 2 nitrogen and oxygen atoms in total. The molecule has 0 fully saturated rings. The number of hydrogen-bond acceptors (Lipinski definition) is 3. The van der Waals surface area contributed by atoms with Gasteiger partial charge in [0.1, 0.15) is 11.1 Å². The van der Waals surface area contributed by atoms with Crippen LogP contribution in [0.3, 0.4) is 0 Å². The lowest BCUT2D eigenvalue weighted by atomic mass is 10.2. The Bertz CT molecular complexity index is 344. The van der Waals surface area contributed by atoms with Crippen molar-refractivity contribution >= 4 is 34.6 Å². The molecule has 0 radical (unpaired) electrons. The molecule has 0 aromatic carbocycles. The lowest BCUT2D eigenvalue weighted by Crippen LogP contribution is -2.09. The molecule has 0 aliphatic carbocycles. The highest BCUT2D eigenvalue weighted by Gasteiger charge is 1.98. The van der Waals surface area contributed by atoms with Crippen LogP contribution in [-0.2, 0) is 0 Å². The van der Waals surface area contributed by atoms with Gasteiger partial charge < -0.3 is 5.73 Å². The second-order valence-corrected chi connectivity index (χ2v) is 3.47. The van der Waals surface area contributed by atoms with E-state index < -0.39 is 0 Å². The van der Waals surface area contributed by atoms with Crippen molar-refractivity contribution in [1.82, 2.24) is 0 Å². The van der Waals surface area contributed by atoms with E-state index in [-0.39, 0.29) is 4.99 Å². The number of nitriles is 1. The van der Waals surface area contributed by atoms with Crippen LogP contribution in [0.25, 0.3) is 6.08 Å². The van der Waals surface area contributed by atoms with Crippen molar-refractivity contribution in [2.75, 3.05) is 0 Å². The first-order chi connectivity index (χ1) is 5.74. The van der Waals surface area contributed by atoms with Crippen LogP contribution >= 0.6 is 23.6 Å². The van der Waals surface area contributed by atoms with E-state index in [1.165, 1.54) is 0 Å². The first-order valence-corrected chi connectivity index (χ1v) is 4.48. The summed E-state index contributed by atoms with van der Waals surface area (Å²) in [6.45, 7) is 0. The van der Waals surface area contributed by atoms with Crippen molar-refractivity contribution in [3.63, 3.8) is 0 Å². The van der Waals surface area contributed by atoms with Crippen LogP contribution in [-0.4, -0.2) is 4.99 Å². The molecule has 0 atom stereocenters. The summed E-state index contributed by atoms with van der Waals surface area (Å²) < 4.78 is 0. The summed E-state index contributed by atoms with van der Waals surface area (Å²) in [5.74, 6) is 0. The first kappa shape index (κ1) is 8.91. The van der Waals surface area contributed by atoms with Crippen LogP contribution in [0, 0.1) is 11.3 Å². The van der Waals surface area contributed by atoms with Crippen molar-refractivity contribution < 1.29 is 0 Å². The largest absolute Gasteiger partial charge is 0.389 e. The van der Waals surface area contributed by atoms with Crippen LogP contribution in [0.5, 0.6) is 0 Å². The minimum Gasteiger partial charge on any atom is -0.389 e. The second kappa shape index (κ2) is 4.00. The second-order valence-electron chi connectivity index (χ2n) is 2.05. The number of hydrogen-bond donors (Lipinski definition) is 1. The van der Waals surface area contributed by atoms with Crippen molar-refractivity contribution in [1.29, 1.82) is 5.26 Å². The third kappa shape index (κ3) is 2.16. The number of thiocarbonyl (C=S) groups is 1. The molecule has 0 aliphatic rings. The fourth-order valence-electron chi connectivity index (χ4n) is 0.674. The maximum atomic E-state index is 8.61. The van der Waals surface area contributed by atoms with Crippen molar-refractivity contribution in [3.05, 3.63) is 28.0 Å². The monoisotopic (exact) mass is 194 g/mol. The van der Waals surface area contributed by atoms with Crippen molar-refractivity contribution in [2.45, 2.75) is 0 Å². The van der Waals surface area contributed by atoms with E-state index in [2.05, 4.69) is 12.2 Å². The summed E-state index contributed by atoms with van der Waals surface area (Å²) in [5, 5.41) is 10.5. The molecule has 60 valence electrons. The quantitative estimate of drug-likeness (QED) is 0.444. The Balaban J connectivity index is 2.95. The third-order valence-electron chi connectivity index (χ3n) is 1.22. The van der Waals surface area contributed by atoms with Crippen LogP contribution in [0.15, 0.2) is 23.1 Å². The van der Waals surface area contributed by atoms with E-state index in [1.54, 1.807) is 17.4 Å². The predicted molar refractivity (Wildman–Crippen MR) is 54.7 cm³/mol. The van der Waals surface area contributed by atoms with Gasteiger partial charge in [0.25, 0.3) is 0 Å². The summed E-state index contributed by atoms with van der Waals surface area (Å²) in [6.07, 6.45) is 1.69. The average Bonchev–Trinajstić information content (AvgIpc) is 2.51. The Morgan fingerprint density at radius 2 is 2.50 bits per heavy atom. The molecule has 0 amide bonds. The minimum atomic E-state index is 0.144. The molecule has 1 rings (SSSR count). The van der Waals surface area contributed by atoms with E-state index >= 15 is 0 Å². The van der Waals surface area contributed by atoms with Gasteiger partial charge in [0.2, 0.25) is 0 Å². The molecule has 4 heteroatoms. The molecule has 0 saturated carbocycles. The van der Waals surface area contributed by atoms with E-state index in [0.717, 1.165) is 4.88 Å². The summed E-state index contributed by atoms with van der Waals surface area (Å²) in [4.78, 5) is 1.13. The number of nitrogens with two attached hydrogens (primary N) is 1. The lowest BCUT2D eigenvalue weighted by molar-refractivity contribution is 1.52. The van der Waals surface area contributed by atoms with Gasteiger partial charge in [-0.2, -0.15) is 5.26 Å². The Kier molecular flexibility index (Phi) is 2.97. The normalized spacial score (nSPS) is 10.8. The van der Waals surface area contributed by atoms with Gasteiger partial charge in [-0.05, 0) is 17.5 Å². The molecular formula is C8H6N2S2. The lowest BCUT2D eigenvalue weighted by Gasteiger charge is -1.90. The van der Waals surface area contributed by atoms with Gasteiger partial charge in [-0.1, -0.05) is 18.3 Å². The van der Waals surface area contributed by atoms with Gasteiger partial charge in [-0.3, -0.25) is 0 Å². The fraction of sp³-hybridized carbons (Fsp3) is 0. The molecule has 12 heavy (non-hydrogen) atoms. The van der Waals surface area contributed by atoms with Gasteiger partial charge >= 0.3 is 0 Å². The highest BCUT2D eigenvalue weighted by Crippen LogP contribution is 2.12. The standard InChI is InChI=1S/C8H6N2S2/c9-5-6(8(10)11)4-7-2-1-3-12-7/h1-4H,(H2,10,11)/b6-4+. The van der Waals surface area contributed by atoms with Crippen LogP contribution in [0.2, 0.25) is 0 Å².